The zero-order valence-corrected chi connectivity index (χ0v) is 12.9. The lowest BCUT2D eigenvalue weighted by atomic mass is 10.2. The summed E-state index contributed by atoms with van der Waals surface area (Å²) in [5.41, 5.74) is 0.426. The van der Waals surface area contributed by atoms with Crippen LogP contribution in [-0.4, -0.2) is 21.8 Å². The summed E-state index contributed by atoms with van der Waals surface area (Å²) in [6.45, 7) is 0.622. The SMILES string of the molecule is O=C(c1cc(Cl)ncc1Cl)N(Cc1cccs1)C1CC1. The van der Waals surface area contributed by atoms with Crippen molar-refractivity contribution in [3.05, 3.63) is 50.4 Å². The van der Waals surface area contributed by atoms with Crippen molar-refractivity contribution in [2.24, 2.45) is 0 Å². The van der Waals surface area contributed by atoms with Gasteiger partial charge in [0.25, 0.3) is 5.91 Å². The predicted octanol–water partition coefficient (Wildman–Crippen LogP) is 4.25. The number of thiophene rings is 1. The lowest BCUT2D eigenvalue weighted by Crippen LogP contribution is -2.32. The third-order valence-corrected chi connectivity index (χ3v) is 4.58. The van der Waals surface area contributed by atoms with Crippen molar-refractivity contribution in [2.45, 2.75) is 25.4 Å². The number of hydrogen-bond acceptors (Lipinski definition) is 3. The minimum atomic E-state index is -0.0739. The van der Waals surface area contributed by atoms with E-state index in [0.29, 0.717) is 23.2 Å². The van der Waals surface area contributed by atoms with Crippen molar-refractivity contribution < 1.29 is 4.79 Å². The van der Waals surface area contributed by atoms with Gasteiger partial charge in [0.2, 0.25) is 0 Å². The van der Waals surface area contributed by atoms with Gasteiger partial charge in [-0.2, -0.15) is 0 Å². The fourth-order valence-electron chi connectivity index (χ4n) is 2.06. The molecule has 0 radical (unpaired) electrons. The fraction of sp³-hybridized carbons (Fsp3) is 0.286. The molecule has 0 atom stereocenters. The summed E-state index contributed by atoms with van der Waals surface area (Å²) in [4.78, 5) is 19.6. The Hall–Kier alpha value is -1.10. The molecular weight excluding hydrogens is 315 g/mol. The van der Waals surface area contributed by atoms with Crippen LogP contribution in [0.25, 0.3) is 0 Å². The van der Waals surface area contributed by atoms with Crippen molar-refractivity contribution in [1.82, 2.24) is 9.88 Å². The Labute approximate surface area is 131 Å². The molecule has 2 aromatic rings. The molecule has 6 heteroatoms. The molecule has 0 saturated heterocycles. The fourth-order valence-corrected chi connectivity index (χ4v) is 3.10. The summed E-state index contributed by atoms with van der Waals surface area (Å²) >= 11 is 13.6. The van der Waals surface area contributed by atoms with Crippen molar-refractivity contribution in [3.63, 3.8) is 0 Å². The number of hydrogen-bond donors (Lipinski definition) is 0. The molecule has 104 valence electrons. The number of carbonyl (C=O) groups excluding carboxylic acids is 1. The van der Waals surface area contributed by atoms with E-state index in [9.17, 15) is 4.79 Å². The van der Waals surface area contributed by atoms with E-state index >= 15 is 0 Å². The van der Waals surface area contributed by atoms with Crippen LogP contribution in [0.2, 0.25) is 10.2 Å². The second-order valence-electron chi connectivity index (χ2n) is 4.73. The number of halogens is 2. The molecule has 0 unspecified atom stereocenters. The minimum Gasteiger partial charge on any atom is -0.330 e. The van der Waals surface area contributed by atoms with Gasteiger partial charge in [0.1, 0.15) is 5.15 Å². The first-order chi connectivity index (χ1) is 9.65. The number of amides is 1. The average Bonchev–Trinajstić information content (AvgIpc) is 3.15. The summed E-state index contributed by atoms with van der Waals surface area (Å²) in [5.74, 6) is -0.0739. The third kappa shape index (κ3) is 2.97. The Kier molecular flexibility index (Phi) is 3.96. The van der Waals surface area contributed by atoms with E-state index in [4.69, 9.17) is 23.2 Å². The molecular formula is C14H12Cl2N2OS. The van der Waals surface area contributed by atoms with Gasteiger partial charge in [-0.1, -0.05) is 29.3 Å². The minimum absolute atomic E-state index is 0.0739. The first kappa shape index (κ1) is 13.9. The van der Waals surface area contributed by atoms with Gasteiger partial charge in [0, 0.05) is 17.1 Å². The highest BCUT2D eigenvalue weighted by Crippen LogP contribution is 2.32. The molecule has 1 saturated carbocycles. The summed E-state index contributed by atoms with van der Waals surface area (Å²) in [7, 11) is 0. The summed E-state index contributed by atoms with van der Waals surface area (Å²) in [6.07, 6.45) is 3.52. The van der Waals surface area contributed by atoms with E-state index < -0.39 is 0 Å². The first-order valence-corrected chi connectivity index (χ1v) is 7.93. The second-order valence-corrected chi connectivity index (χ2v) is 6.56. The maximum Gasteiger partial charge on any atom is 0.256 e. The third-order valence-electron chi connectivity index (χ3n) is 3.21. The van der Waals surface area contributed by atoms with Crippen LogP contribution in [0, 0.1) is 0 Å². The molecule has 1 fully saturated rings. The number of pyridine rings is 1. The smallest absolute Gasteiger partial charge is 0.256 e. The zero-order valence-electron chi connectivity index (χ0n) is 10.6. The van der Waals surface area contributed by atoms with E-state index in [2.05, 4.69) is 4.98 Å². The number of nitrogens with zero attached hydrogens (tertiary/aromatic N) is 2. The molecule has 1 aliphatic carbocycles. The highest BCUT2D eigenvalue weighted by atomic mass is 35.5. The molecule has 20 heavy (non-hydrogen) atoms. The summed E-state index contributed by atoms with van der Waals surface area (Å²) in [5, 5.41) is 2.64. The molecule has 0 N–H and O–H groups in total. The second kappa shape index (κ2) is 5.72. The largest absolute Gasteiger partial charge is 0.330 e. The Balaban J connectivity index is 1.87. The van der Waals surface area contributed by atoms with Crippen LogP contribution in [0.5, 0.6) is 0 Å². The van der Waals surface area contributed by atoms with Crippen molar-refractivity contribution in [2.75, 3.05) is 0 Å². The quantitative estimate of drug-likeness (QED) is 0.787. The lowest BCUT2D eigenvalue weighted by molar-refractivity contribution is 0.0732. The molecule has 3 rings (SSSR count). The predicted molar refractivity (Wildman–Crippen MR) is 81.5 cm³/mol. The first-order valence-electron chi connectivity index (χ1n) is 6.29. The van der Waals surface area contributed by atoms with Gasteiger partial charge in [-0.15, -0.1) is 11.3 Å². The number of rotatable bonds is 4. The summed E-state index contributed by atoms with van der Waals surface area (Å²) < 4.78 is 0. The number of carbonyl (C=O) groups is 1. The van der Waals surface area contributed by atoms with Crippen LogP contribution in [0.1, 0.15) is 28.1 Å². The average molecular weight is 327 g/mol. The highest BCUT2D eigenvalue weighted by Gasteiger charge is 2.34. The maximum atomic E-state index is 12.7. The van der Waals surface area contributed by atoms with Crippen molar-refractivity contribution >= 4 is 40.4 Å². The Morgan fingerprint density at radius 1 is 1.45 bits per heavy atom. The van der Waals surface area contributed by atoms with E-state index in [0.717, 1.165) is 12.8 Å². The van der Waals surface area contributed by atoms with E-state index in [-0.39, 0.29) is 11.1 Å². The zero-order chi connectivity index (χ0) is 14.1. The molecule has 0 spiro atoms. The molecule has 1 aliphatic rings. The van der Waals surface area contributed by atoms with Gasteiger partial charge in [-0.3, -0.25) is 4.79 Å². The molecule has 2 heterocycles. The molecule has 3 nitrogen and oxygen atoms in total. The summed E-state index contributed by atoms with van der Waals surface area (Å²) in [6, 6.07) is 5.88. The Bertz CT molecular complexity index is 626. The molecule has 0 aromatic carbocycles. The van der Waals surface area contributed by atoms with Crippen LogP contribution in [0.3, 0.4) is 0 Å². The highest BCUT2D eigenvalue weighted by molar-refractivity contribution is 7.09. The van der Waals surface area contributed by atoms with Gasteiger partial charge in [-0.05, 0) is 30.4 Å². The molecule has 1 amide bonds. The van der Waals surface area contributed by atoms with Gasteiger partial charge in [-0.25, -0.2) is 4.98 Å². The molecule has 2 aromatic heterocycles. The normalized spacial score (nSPS) is 14.3. The monoisotopic (exact) mass is 326 g/mol. The van der Waals surface area contributed by atoms with E-state index in [1.807, 2.05) is 22.4 Å². The maximum absolute atomic E-state index is 12.7. The van der Waals surface area contributed by atoms with Crippen molar-refractivity contribution in [3.8, 4) is 0 Å². The van der Waals surface area contributed by atoms with E-state index in [1.165, 1.54) is 17.1 Å². The van der Waals surface area contributed by atoms with E-state index in [1.54, 1.807) is 11.3 Å². The Morgan fingerprint density at radius 3 is 2.90 bits per heavy atom. The van der Waals surface area contributed by atoms with Gasteiger partial charge in [0.15, 0.2) is 0 Å². The van der Waals surface area contributed by atoms with Gasteiger partial charge in [0.05, 0.1) is 17.1 Å². The standard InChI is InChI=1S/C14H12Cl2N2OS/c15-12-7-17-13(16)6-11(12)14(19)18(9-3-4-9)8-10-2-1-5-20-10/h1-2,5-7,9H,3-4,8H2. The Morgan fingerprint density at radius 2 is 2.25 bits per heavy atom. The van der Waals surface area contributed by atoms with Gasteiger partial charge >= 0.3 is 0 Å². The number of aromatic nitrogens is 1. The van der Waals surface area contributed by atoms with Crippen LogP contribution < -0.4 is 0 Å². The van der Waals surface area contributed by atoms with Crippen molar-refractivity contribution in [1.29, 1.82) is 0 Å². The van der Waals surface area contributed by atoms with Gasteiger partial charge < -0.3 is 4.90 Å². The van der Waals surface area contributed by atoms with Crippen LogP contribution >= 0.6 is 34.5 Å². The van der Waals surface area contributed by atoms with Crippen LogP contribution in [0.4, 0.5) is 0 Å². The van der Waals surface area contributed by atoms with Crippen LogP contribution in [-0.2, 0) is 6.54 Å². The molecule has 0 aliphatic heterocycles. The topological polar surface area (TPSA) is 33.2 Å². The lowest BCUT2D eigenvalue weighted by Gasteiger charge is -2.22. The van der Waals surface area contributed by atoms with Crippen LogP contribution in [0.15, 0.2) is 29.8 Å². The molecule has 0 bridgehead atoms.